The summed E-state index contributed by atoms with van der Waals surface area (Å²) in [6.07, 6.45) is 1.24. The summed E-state index contributed by atoms with van der Waals surface area (Å²) >= 11 is 0. The fraction of sp³-hybridized carbons (Fsp3) is 0.292. The lowest BCUT2D eigenvalue weighted by molar-refractivity contribution is -0.118. The van der Waals surface area contributed by atoms with Crippen LogP contribution < -0.4 is 5.32 Å². The smallest absolute Gasteiger partial charge is 0.226 e. The van der Waals surface area contributed by atoms with Crippen molar-refractivity contribution in [3.05, 3.63) is 70.9 Å². The molecule has 6 heteroatoms. The van der Waals surface area contributed by atoms with Gasteiger partial charge in [0.15, 0.2) is 11.6 Å². The molecule has 0 unspecified atom stereocenters. The fourth-order valence-electron chi connectivity index (χ4n) is 4.44. The molecule has 152 valence electrons. The van der Waals surface area contributed by atoms with Gasteiger partial charge in [0.2, 0.25) is 5.95 Å². The number of ketones is 1. The number of benzene rings is 2. The summed E-state index contributed by atoms with van der Waals surface area (Å²) in [5.41, 5.74) is 4.41. The number of nitrogens with zero attached hydrogens (tertiary/aromatic N) is 3. The van der Waals surface area contributed by atoms with Crippen LogP contribution in [-0.2, 0) is 4.79 Å². The number of anilines is 1. The number of phenols is 1. The average Bonchev–Trinajstić information content (AvgIpc) is 3.09. The number of carbonyl (C=O) groups excluding carboxylic acids is 1. The number of hydrogen-bond donors (Lipinski definition) is 2. The quantitative estimate of drug-likeness (QED) is 0.656. The van der Waals surface area contributed by atoms with Crippen LogP contribution in [0.15, 0.2) is 59.8 Å². The molecule has 6 nitrogen and oxygen atoms in total. The van der Waals surface area contributed by atoms with E-state index in [0.29, 0.717) is 23.8 Å². The molecule has 2 heterocycles. The minimum atomic E-state index is -0.418. The highest BCUT2D eigenvalue weighted by molar-refractivity contribution is 6.00. The molecule has 5 rings (SSSR count). The molecule has 0 amide bonds. The molecule has 1 aliphatic heterocycles. The van der Waals surface area contributed by atoms with Gasteiger partial charge in [-0.05, 0) is 36.5 Å². The molecule has 0 bridgehead atoms. The lowest BCUT2D eigenvalue weighted by Crippen LogP contribution is -2.36. The molecular formula is C24H24N4O2. The van der Waals surface area contributed by atoms with E-state index < -0.39 is 6.04 Å². The number of hydrogen-bond acceptors (Lipinski definition) is 5. The lowest BCUT2D eigenvalue weighted by atomic mass is 9.73. The van der Waals surface area contributed by atoms with Crippen molar-refractivity contribution >= 4 is 11.7 Å². The van der Waals surface area contributed by atoms with Crippen LogP contribution in [0.1, 0.15) is 43.9 Å². The third-order valence-corrected chi connectivity index (χ3v) is 5.83. The van der Waals surface area contributed by atoms with Crippen LogP contribution in [0.25, 0.3) is 11.4 Å². The van der Waals surface area contributed by atoms with Crippen molar-refractivity contribution in [1.29, 1.82) is 0 Å². The standard InChI is InChI=1S/C24H24N4O2/c1-14-7-9-15(10-8-14)22-26-23-25-18-12-24(2,3)13-19(30)20(18)21(28(23)27-22)16-5-4-6-17(29)11-16/h4-11,21,29H,12-13H2,1-3H3,(H,25,26,27)/t21-/m0/s1. The van der Waals surface area contributed by atoms with Crippen LogP contribution in [-0.4, -0.2) is 25.7 Å². The maximum absolute atomic E-state index is 13.2. The van der Waals surface area contributed by atoms with Gasteiger partial charge >= 0.3 is 0 Å². The van der Waals surface area contributed by atoms with Crippen molar-refractivity contribution in [2.45, 2.75) is 39.7 Å². The zero-order valence-corrected chi connectivity index (χ0v) is 17.3. The Morgan fingerprint density at radius 3 is 2.63 bits per heavy atom. The van der Waals surface area contributed by atoms with Crippen molar-refractivity contribution in [1.82, 2.24) is 14.8 Å². The third-order valence-electron chi connectivity index (χ3n) is 5.83. The Kier molecular flexibility index (Phi) is 4.07. The number of Topliss-reactive ketones (excluding diaryl/α,β-unsaturated/α-hetero) is 1. The minimum absolute atomic E-state index is 0.111. The Bertz CT molecular complexity index is 1190. The van der Waals surface area contributed by atoms with E-state index in [4.69, 9.17) is 10.1 Å². The molecule has 0 saturated heterocycles. The van der Waals surface area contributed by atoms with Crippen LogP contribution >= 0.6 is 0 Å². The van der Waals surface area contributed by atoms with E-state index in [1.807, 2.05) is 37.3 Å². The van der Waals surface area contributed by atoms with Crippen molar-refractivity contribution in [3.63, 3.8) is 0 Å². The van der Waals surface area contributed by atoms with E-state index in [1.165, 1.54) is 5.56 Å². The number of phenolic OH excluding ortho intramolecular Hbond substituents is 1. The van der Waals surface area contributed by atoms with E-state index in [2.05, 4.69) is 19.2 Å². The second kappa shape index (κ2) is 6.55. The normalized spacial score (nSPS) is 19.8. The number of allylic oxidation sites excluding steroid dienone is 2. The van der Waals surface area contributed by atoms with Crippen molar-refractivity contribution in [2.24, 2.45) is 5.41 Å². The van der Waals surface area contributed by atoms with Gasteiger partial charge in [0.05, 0.1) is 0 Å². The van der Waals surface area contributed by atoms with Gasteiger partial charge in [0.25, 0.3) is 0 Å². The average molecular weight is 400 g/mol. The van der Waals surface area contributed by atoms with Crippen molar-refractivity contribution in [3.8, 4) is 17.1 Å². The maximum atomic E-state index is 13.2. The molecule has 3 aromatic rings. The maximum Gasteiger partial charge on any atom is 0.226 e. The number of aromatic nitrogens is 3. The van der Waals surface area contributed by atoms with Crippen LogP contribution in [0.4, 0.5) is 5.95 Å². The predicted octanol–water partition coefficient (Wildman–Crippen LogP) is 4.62. The van der Waals surface area contributed by atoms with Gasteiger partial charge in [-0.15, -0.1) is 5.10 Å². The fourth-order valence-corrected chi connectivity index (χ4v) is 4.44. The van der Waals surface area contributed by atoms with Gasteiger partial charge in [0.1, 0.15) is 11.8 Å². The molecule has 0 spiro atoms. The molecule has 30 heavy (non-hydrogen) atoms. The molecule has 1 atom stereocenters. The summed E-state index contributed by atoms with van der Waals surface area (Å²) in [6, 6.07) is 14.7. The molecule has 0 fully saturated rings. The number of aryl methyl sites for hydroxylation is 1. The Labute approximate surface area is 175 Å². The summed E-state index contributed by atoms with van der Waals surface area (Å²) in [7, 11) is 0. The summed E-state index contributed by atoms with van der Waals surface area (Å²) < 4.78 is 1.78. The van der Waals surface area contributed by atoms with E-state index >= 15 is 0 Å². The van der Waals surface area contributed by atoms with Gasteiger partial charge in [0, 0.05) is 23.3 Å². The first-order chi connectivity index (χ1) is 14.3. The first-order valence-corrected chi connectivity index (χ1v) is 10.2. The zero-order chi connectivity index (χ0) is 21.0. The Balaban J connectivity index is 1.68. The number of carbonyl (C=O) groups is 1. The summed E-state index contributed by atoms with van der Waals surface area (Å²) in [6.45, 7) is 6.26. The van der Waals surface area contributed by atoms with Crippen LogP contribution in [0.2, 0.25) is 0 Å². The second-order valence-electron chi connectivity index (χ2n) is 9.03. The lowest BCUT2D eigenvalue weighted by Gasteiger charge is -2.38. The van der Waals surface area contributed by atoms with Crippen LogP contribution in [0.5, 0.6) is 5.75 Å². The largest absolute Gasteiger partial charge is 0.508 e. The topological polar surface area (TPSA) is 80.0 Å². The number of fused-ring (bicyclic) bond motifs is 1. The zero-order valence-electron chi connectivity index (χ0n) is 17.3. The highest BCUT2D eigenvalue weighted by Crippen LogP contribution is 2.46. The SMILES string of the molecule is Cc1ccc(-c2nc3n(n2)[C@@H](c2cccc(O)c2)C2=C(CC(C)(C)CC2=O)N3)cc1. The predicted molar refractivity (Wildman–Crippen MR) is 115 cm³/mol. The summed E-state index contributed by atoms with van der Waals surface area (Å²) in [5, 5.41) is 18.2. The number of aromatic hydroxyl groups is 1. The molecule has 2 N–H and O–H groups in total. The Morgan fingerprint density at radius 2 is 1.90 bits per heavy atom. The van der Waals surface area contributed by atoms with E-state index in [0.717, 1.165) is 23.2 Å². The highest BCUT2D eigenvalue weighted by atomic mass is 16.3. The van der Waals surface area contributed by atoms with E-state index in [-0.39, 0.29) is 16.9 Å². The molecule has 2 aromatic carbocycles. The molecule has 1 aromatic heterocycles. The molecule has 0 saturated carbocycles. The van der Waals surface area contributed by atoms with Crippen molar-refractivity contribution in [2.75, 3.05) is 5.32 Å². The highest BCUT2D eigenvalue weighted by Gasteiger charge is 2.41. The van der Waals surface area contributed by atoms with Crippen LogP contribution in [0, 0.1) is 12.3 Å². The molecule has 1 aliphatic carbocycles. The second-order valence-corrected chi connectivity index (χ2v) is 9.03. The van der Waals surface area contributed by atoms with Gasteiger partial charge in [-0.3, -0.25) is 4.79 Å². The van der Waals surface area contributed by atoms with Crippen LogP contribution in [0.3, 0.4) is 0 Å². The van der Waals surface area contributed by atoms with E-state index in [1.54, 1.807) is 22.9 Å². The number of rotatable bonds is 2. The monoisotopic (exact) mass is 400 g/mol. The number of nitrogens with one attached hydrogen (secondary N) is 1. The van der Waals surface area contributed by atoms with E-state index in [9.17, 15) is 9.90 Å². The molecule has 2 aliphatic rings. The van der Waals surface area contributed by atoms with Crippen molar-refractivity contribution < 1.29 is 9.90 Å². The van der Waals surface area contributed by atoms with Gasteiger partial charge in [-0.2, -0.15) is 4.98 Å². The third kappa shape index (κ3) is 3.09. The summed E-state index contributed by atoms with van der Waals surface area (Å²) in [5.74, 6) is 1.50. The first kappa shape index (κ1) is 18.6. The first-order valence-electron chi connectivity index (χ1n) is 10.2. The Hall–Kier alpha value is -3.41. The minimum Gasteiger partial charge on any atom is -0.508 e. The van der Waals surface area contributed by atoms with Gasteiger partial charge in [-0.25, -0.2) is 4.68 Å². The molecular weight excluding hydrogens is 376 g/mol. The molecule has 0 radical (unpaired) electrons. The Morgan fingerprint density at radius 1 is 1.13 bits per heavy atom. The van der Waals surface area contributed by atoms with Gasteiger partial charge < -0.3 is 10.4 Å². The van der Waals surface area contributed by atoms with Gasteiger partial charge in [-0.1, -0.05) is 55.8 Å². The summed E-state index contributed by atoms with van der Waals surface area (Å²) in [4.78, 5) is 18.0.